The molecule has 3 aromatic rings. The van der Waals surface area contributed by atoms with E-state index in [2.05, 4.69) is 10.0 Å². The quantitative estimate of drug-likeness (QED) is 0.474. The first-order chi connectivity index (χ1) is 16.4. The maximum Gasteiger partial charge on any atom is 0.267 e. The van der Waals surface area contributed by atoms with E-state index >= 15 is 0 Å². The van der Waals surface area contributed by atoms with Gasteiger partial charge in [0.25, 0.3) is 15.9 Å². The second-order valence-electron chi connectivity index (χ2n) is 7.64. The standard InChI is InChI=1S/C22H19Cl2N3O6S2/c1-34(29,30)27-13-21(33-20-10-5-15(24)12-19(20)27)22(28)25-16-6-8-18(9-7-16)35(31,32)26-17-4-2-3-14(23)11-17/h2-12,21,26H,13H2,1H3,(H,25,28). The monoisotopic (exact) mass is 555 g/mol. The predicted molar refractivity (Wildman–Crippen MR) is 135 cm³/mol. The summed E-state index contributed by atoms with van der Waals surface area (Å²) >= 11 is 11.9. The van der Waals surface area contributed by atoms with Crippen LogP contribution < -0.4 is 19.1 Å². The highest BCUT2D eigenvalue weighted by Crippen LogP contribution is 2.37. The number of carbonyl (C=O) groups excluding carboxylic acids is 1. The Kier molecular flexibility index (Phi) is 6.87. The Morgan fingerprint density at radius 3 is 2.29 bits per heavy atom. The number of carbonyl (C=O) groups is 1. The maximum absolute atomic E-state index is 12.8. The van der Waals surface area contributed by atoms with Crippen LogP contribution in [0.4, 0.5) is 17.1 Å². The largest absolute Gasteiger partial charge is 0.476 e. The molecule has 1 atom stereocenters. The van der Waals surface area contributed by atoms with Gasteiger partial charge in [0.2, 0.25) is 10.0 Å². The number of sulfonamides is 2. The molecule has 0 aromatic heterocycles. The van der Waals surface area contributed by atoms with Crippen LogP contribution in [0.15, 0.2) is 71.6 Å². The number of hydrogen-bond donors (Lipinski definition) is 2. The Hall–Kier alpha value is -2.99. The fourth-order valence-electron chi connectivity index (χ4n) is 3.38. The molecule has 0 radical (unpaired) electrons. The lowest BCUT2D eigenvalue weighted by Crippen LogP contribution is -2.48. The Morgan fingerprint density at radius 1 is 0.943 bits per heavy atom. The van der Waals surface area contributed by atoms with E-state index in [-0.39, 0.29) is 22.9 Å². The number of nitrogens with one attached hydrogen (secondary N) is 2. The lowest BCUT2D eigenvalue weighted by atomic mass is 10.2. The zero-order chi connectivity index (χ0) is 25.4. The molecule has 3 aromatic carbocycles. The fourth-order valence-corrected chi connectivity index (χ4v) is 5.69. The van der Waals surface area contributed by atoms with Crippen molar-refractivity contribution >= 4 is 66.2 Å². The number of hydrogen-bond acceptors (Lipinski definition) is 6. The summed E-state index contributed by atoms with van der Waals surface area (Å²) in [5.41, 5.74) is 0.847. The Balaban J connectivity index is 1.49. The molecule has 35 heavy (non-hydrogen) atoms. The molecule has 4 rings (SSSR count). The molecule has 0 saturated heterocycles. The molecule has 1 heterocycles. The number of anilines is 3. The van der Waals surface area contributed by atoms with Crippen LogP contribution >= 0.6 is 23.2 Å². The predicted octanol–water partition coefficient (Wildman–Crippen LogP) is 3.96. The first kappa shape index (κ1) is 25.1. The van der Waals surface area contributed by atoms with Gasteiger partial charge in [0.05, 0.1) is 29.1 Å². The summed E-state index contributed by atoms with van der Waals surface area (Å²) in [5, 5.41) is 3.32. The lowest BCUT2D eigenvalue weighted by molar-refractivity contribution is -0.122. The summed E-state index contributed by atoms with van der Waals surface area (Å²) in [6.45, 7) is -0.256. The Labute approximate surface area is 212 Å². The third-order valence-corrected chi connectivity index (χ3v) is 8.01. The van der Waals surface area contributed by atoms with Crippen molar-refractivity contribution in [3.8, 4) is 5.75 Å². The van der Waals surface area contributed by atoms with Gasteiger partial charge in [0.1, 0.15) is 5.75 Å². The van der Waals surface area contributed by atoms with Crippen molar-refractivity contribution < 1.29 is 26.4 Å². The maximum atomic E-state index is 12.8. The van der Waals surface area contributed by atoms with Gasteiger partial charge in [0.15, 0.2) is 6.10 Å². The number of nitrogens with zero attached hydrogens (tertiary/aromatic N) is 1. The summed E-state index contributed by atoms with van der Waals surface area (Å²) < 4.78 is 59.0. The summed E-state index contributed by atoms with van der Waals surface area (Å²) in [4.78, 5) is 12.8. The number of benzene rings is 3. The van der Waals surface area contributed by atoms with Crippen LogP contribution in [0.25, 0.3) is 0 Å². The van der Waals surface area contributed by atoms with Crippen LogP contribution in [-0.2, 0) is 24.8 Å². The SMILES string of the molecule is CS(=O)(=O)N1CC(C(=O)Nc2ccc(S(=O)(=O)Nc3cccc(Cl)c3)cc2)Oc2ccc(Cl)cc21. The van der Waals surface area contributed by atoms with E-state index in [0.717, 1.165) is 10.6 Å². The molecule has 9 nitrogen and oxygen atoms in total. The van der Waals surface area contributed by atoms with Gasteiger partial charge in [-0.25, -0.2) is 16.8 Å². The van der Waals surface area contributed by atoms with Crippen LogP contribution in [0.1, 0.15) is 0 Å². The van der Waals surface area contributed by atoms with Crippen molar-refractivity contribution in [1.82, 2.24) is 0 Å². The summed E-state index contributed by atoms with van der Waals surface area (Å²) in [6.07, 6.45) is -0.125. The van der Waals surface area contributed by atoms with E-state index in [1.165, 1.54) is 48.5 Å². The second-order valence-corrected chi connectivity index (χ2v) is 12.1. The van der Waals surface area contributed by atoms with Crippen LogP contribution in [0, 0.1) is 0 Å². The number of fused-ring (bicyclic) bond motifs is 1. The van der Waals surface area contributed by atoms with Crippen molar-refractivity contribution in [3.63, 3.8) is 0 Å². The van der Waals surface area contributed by atoms with Gasteiger partial charge in [-0.3, -0.25) is 13.8 Å². The third kappa shape index (κ3) is 5.81. The average Bonchev–Trinajstić information content (AvgIpc) is 2.77. The zero-order valence-corrected chi connectivity index (χ0v) is 21.2. The van der Waals surface area contributed by atoms with Crippen LogP contribution in [0.2, 0.25) is 10.0 Å². The topological polar surface area (TPSA) is 122 Å². The highest BCUT2D eigenvalue weighted by atomic mass is 35.5. The van der Waals surface area contributed by atoms with E-state index in [1.54, 1.807) is 18.2 Å². The van der Waals surface area contributed by atoms with Gasteiger partial charge in [0, 0.05) is 15.7 Å². The Morgan fingerprint density at radius 2 is 1.63 bits per heavy atom. The molecule has 0 spiro atoms. The summed E-state index contributed by atoms with van der Waals surface area (Å²) in [6, 6.07) is 16.2. The van der Waals surface area contributed by atoms with Crippen LogP contribution in [0.5, 0.6) is 5.75 Å². The van der Waals surface area contributed by atoms with E-state index in [1.807, 2.05) is 0 Å². The van der Waals surface area contributed by atoms with Gasteiger partial charge in [-0.2, -0.15) is 0 Å². The molecule has 0 fully saturated rings. The van der Waals surface area contributed by atoms with Crippen LogP contribution in [-0.4, -0.2) is 41.6 Å². The smallest absolute Gasteiger partial charge is 0.267 e. The fraction of sp³-hybridized carbons (Fsp3) is 0.136. The number of amides is 1. The molecule has 0 aliphatic carbocycles. The lowest BCUT2D eigenvalue weighted by Gasteiger charge is -2.34. The van der Waals surface area contributed by atoms with Crippen molar-refractivity contribution in [2.75, 3.05) is 27.1 Å². The van der Waals surface area contributed by atoms with Gasteiger partial charge >= 0.3 is 0 Å². The highest BCUT2D eigenvalue weighted by Gasteiger charge is 2.35. The highest BCUT2D eigenvalue weighted by molar-refractivity contribution is 7.92. The first-order valence-electron chi connectivity index (χ1n) is 10.1. The molecule has 2 N–H and O–H groups in total. The molecule has 1 aliphatic heterocycles. The molecule has 1 amide bonds. The molecule has 0 bridgehead atoms. The van der Waals surface area contributed by atoms with Crippen molar-refractivity contribution in [3.05, 3.63) is 76.8 Å². The Bertz CT molecular complexity index is 1500. The van der Waals surface area contributed by atoms with E-state index in [4.69, 9.17) is 27.9 Å². The van der Waals surface area contributed by atoms with Gasteiger partial charge < -0.3 is 10.1 Å². The van der Waals surface area contributed by atoms with Gasteiger partial charge in [-0.15, -0.1) is 0 Å². The van der Waals surface area contributed by atoms with Crippen molar-refractivity contribution in [2.45, 2.75) is 11.0 Å². The minimum atomic E-state index is -3.89. The molecule has 0 saturated carbocycles. The third-order valence-electron chi connectivity index (χ3n) is 4.99. The number of ether oxygens (including phenoxy) is 1. The van der Waals surface area contributed by atoms with Crippen LogP contribution in [0.3, 0.4) is 0 Å². The normalized spacial score (nSPS) is 15.6. The van der Waals surface area contributed by atoms with Crippen molar-refractivity contribution in [1.29, 1.82) is 0 Å². The number of rotatable bonds is 6. The molecule has 184 valence electrons. The number of halogens is 2. The second kappa shape index (κ2) is 9.57. The summed E-state index contributed by atoms with van der Waals surface area (Å²) in [7, 11) is -7.60. The van der Waals surface area contributed by atoms with E-state index in [9.17, 15) is 21.6 Å². The van der Waals surface area contributed by atoms with Crippen molar-refractivity contribution in [2.24, 2.45) is 0 Å². The van der Waals surface area contributed by atoms with Gasteiger partial charge in [-0.1, -0.05) is 29.3 Å². The van der Waals surface area contributed by atoms with E-state index < -0.39 is 32.1 Å². The molecule has 1 unspecified atom stereocenters. The zero-order valence-electron chi connectivity index (χ0n) is 18.1. The molecular weight excluding hydrogens is 537 g/mol. The molecular formula is C22H19Cl2N3O6S2. The first-order valence-corrected chi connectivity index (χ1v) is 14.1. The van der Waals surface area contributed by atoms with Gasteiger partial charge in [-0.05, 0) is 60.7 Å². The average molecular weight is 556 g/mol. The molecule has 13 heteroatoms. The minimum absolute atomic E-state index is 0.0292. The van der Waals surface area contributed by atoms with E-state index in [0.29, 0.717) is 21.4 Å². The minimum Gasteiger partial charge on any atom is -0.476 e. The summed E-state index contributed by atoms with van der Waals surface area (Å²) in [5.74, 6) is -0.410. The molecule has 1 aliphatic rings.